The van der Waals surface area contributed by atoms with Crippen molar-refractivity contribution in [3.8, 4) is 0 Å². The summed E-state index contributed by atoms with van der Waals surface area (Å²) in [5.41, 5.74) is 6.21. The smallest absolute Gasteiger partial charge is 0.124 e. The van der Waals surface area contributed by atoms with Crippen LogP contribution in [-0.2, 0) is 6.42 Å². The Morgan fingerprint density at radius 1 is 1.53 bits per heavy atom. The summed E-state index contributed by atoms with van der Waals surface area (Å²) in [6.07, 6.45) is 0.626. The number of halogens is 2. The normalized spacial score (nSPS) is 15.0. The maximum atomic E-state index is 12.8. The van der Waals surface area contributed by atoms with E-state index in [-0.39, 0.29) is 17.8 Å². The van der Waals surface area contributed by atoms with Crippen molar-refractivity contribution in [3.63, 3.8) is 0 Å². The Morgan fingerprint density at radius 2 is 2.20 bits per heavy atom. The van der Waals surface area contributed by atoms with Crippen molar-refractivity contribution in [2.75, 3.05) is 13.2 Å². The Hall–Kier alpha value is -0.450. The zero-order valence-electron chi connectivity index (χ0n) is 8.63. The second kappa shape index (κ2) is 5.05. The Balaban J connectivity index is 2.89. The lowest BCUT2D eigenvalue weighted by atomic mass is 9.84. The van der Waals surface area contributed by atoms with Crippen molar-refractivity contribution in [2.24, 2.45) is 11.1 Å². The number of hydrogen-bond acceptors (Lipinski definition) is 2. The van der Waals surface area contributed by atoms with Crippen LogP contribution in [0.5, 0.6) is 0 Å². The molecule has 0 spiro atoms. The van der Waals surface area contributed by atoms with Crippen LogP contribution < -0.4 is 5.73 Å². The zero-order chi connectivity index (χ0) is 11.5. The Bertz CT molecular complexity index is 339. The summed E-state index contributed by atoms with van der Waals surface area (Å²) >= 11 is 3.30. The average molecular weight is 276 g/mol. The number of hydrogen-bond donors (Lipinski definition) is 2. The molecule has 2 nitrogen and oxygen atoms in total. The molecule has 3 N–H and O–H groups in total. The van der Waals surface area contributed by atoms with Crippen molar-refractivity contribution >= 4 is 15.9 Å². The van der Waals surface area contributed by atoms with E-state index in [9.17, 15) is 9.50 Å². The van der Waals surface area contributed by atoms with Crippen LogP contribution in [0.3, 0.4) is 0 Å². The first-order chi connectivity index (χ1) is 7.00. The number of nitrogens with two attached hydrogens (primary N) is 1. The zero-order valence-corrected chi connectivity index (χ0v) is 10.2. The molecule has 0 fully saturated rings. The third-order valence-electron chi connectivity index (χ3n) is 2.51. The Morgan fingerprint density at radius 3 is 2.67 bits per heavy atom. The standard InChI is InChI=1S/C11H15BrFNO/c1-11(6-14,7-15)5-8-2-3-9(13)4-10(8)12/h2-4,15H,5-7,14H2,1H3. The van der Waals surface area contributed by atoms with Gasteiger partial charge < -0.3 is 10.8 Å². The van der Waals surface area contributed by atoms with E-state index in [2.05, 4.69) is 15.9 Å². The molecule has 0 saturated heterocycles. The highest BCUT2D eigenvalue weighted by Gasteiger charge is 2.23. The van der Waals surface area contributed by atoms with E-state index < -0.39 is 0 Å². The molecule has 0 aliphatic carbocycles. The molecule has 1 rings (SSSR count). The molecule has 1 aromatic carbocycles. The summed E-state index contributed by atoms with van der Waals surface area (Å²) in [5, 5.41) is 9.22. The van der Waals surface area contributed by atoms with Crippen LogP contribution in [0.25, 0.3) is 0 Å². The predicted molar refractivity (Wildman–Crippen MR) is 62.1 cm³/mol. The van der Waals surface area contributed by atoms with Gasteiger partial charge in [-0.05, 0) is 24.1 Å². The lowest BCUT2D eigenvalue weighted by Gasteiger charge is -2.25. The third kappa shape index (κ3) is 3.26. The highest BCUT2D eigenvalue weighted by molar-refractivity contribution is 9.10. The van der Waals surface area contributed by atoms with Crippen molar-refractivity contribution in [3.05, 3.63) is 34.1 Å². The van der Waals surface area contributed by atoms with Gasteiger partial charge >= 0.3 is 0 Å². The van der Waals surface area contributed by atoms with Gasteiger partial charge in [-0.15, -0.1) is 0 Å². The summed E-state index contributed by atoms with van der Waals surface area (Å²) in [6.45, 7) is 2.32. The summed E-state index contributed by atoms with van der Waals surface area (Å²) in [6, 6.07) is 4.54. The van der Waals surface area contributed by atoms with E-state index >= 15 is 0 Å². The fourth-order valence-electron chi connectivity index (χ4n) is 1.32. The molecule has 15 heavy (non-hydrogen) atoms. The van der Waals surface area contributed by atoms with Crippen LogP contribution in [0.1, 0.15) is 12.5 Å². The third-order valence-corrected chi connectivity index (χ3v) is 3.25. The van der Waals surface area contributed by atoms with Crippen LogP contribution >= 0.6 is 15.9 Å². The number of aliphatic hydroxyl groups is 1. The molecule has 0 bridgehead atoms. The van der Waals surface area contributed by atoms with Crippen LogP contribution in [0, 0.1) is 11.2 Å². The molecule has 1 atom stereocenters. The second-order valence-corrected chi connectivity index (χ2v) is 4.94. The fraction of sp³-hybridized carbons (Fsp3) is 0.455. The van der Waals surface area contributed by atoms with Crippen molar-refractivity contribution in [1.82, 2.24) is 0 Å². The van der Waals surface area contributed by atoms with Crippen molar-refractivity contribution in [1.29, 1.82) is 0 Å². The van der Waals surface area contributed by atoms with E-state index in [4.69, 9.17) is 5.73 Å². The van der Waals surface area contributed by atoms with Gasteiger partial charge in [0.1, 0.15) is 5.82 Å². The first-order valence-electron chi connectivity index (χ1n) is 4.75. The highest BCUT2D eigenvalue weighted by Crippen LogP contribution is 2.26. The van der Waals surface area contributed by atoms with Gasteiger partial charge in [0.2, 0.25) is 0 Å². The summed E-state index contributed by atoms with van der Waals surface area (Å²) in [7, 11) is 0. The van der Waals surface area contributed by atoms with E-state index in [1.807, 2.05) is 6.92 Å². The minimum absolute atomic E-state index is 0.0211. The van der Waals surface area contributed by atoms with Crippen molar-refractivity contribution in [2.45, 2.75) is 13.3 Å². The molecule has 0 saturated carbocycles. The summed E-state index contributed by atoms with van der Waals surface area (Å²) < 4.78 is 13.6. The average Bonchev–Trinajstić information content (AvgIpc) is 2.22. The molecule has 0 aromatic heterocycles. The van der Waals surface area contributed by atoms with Gasteiger partial charge in [-0.25, -0.2) is 4.39 Å². The predicted octanol–water partition coefficient (Wildman–Crippen LogP) is 2.09. The summed E-state index contributed by atoms with van der Waals surface area (Å²) in [4.78, 5) is 0. The number of rotatable bonds is 4. The summed E-state index contributed by atoms with van der Waals surface area (Å²) in [5.74, 6) is -0.274. The van der Waals surface area contributed by atoms with E-state index in [1.54, 1.807) is 6.07 Å². The van der Waals surface area contributed by atoms with E-state index in [1.165, 1.54) is 12.1 Å². The van der Waals surface area contributed by atoms with Crippen LogP contribution in [0.4, 0.5) is 4.39 Å². The highest BCUT2D eigenvalue weighted by atomic mass is 79.9. The molecule has 0 amide bonds. The first-order valence-corrected chi connectivity index (χ1v) is 5.55. The minimum Gasteiger partial charge on any atom is -0.396 e. The molecule has 0 aliphatic heterocycles. The SMILES string of the molecule is CC(CN)(CO)Cc1ccc(F)cc1Br. The van der Waals surface area contributed by atoms with Crippen LogP contribution in [0.2, 0.25) is 0 Å². The quantitative estimate of drug-likeness (QED) is 0.884. The molecular weight excluding hydrogens is 261 g/mol. The molecule has 0 aliphatic rings. The molecular formula is C11H15BrFNO. The van der Waals surface area contributed by atoms with E-state index in [0.717, 1.165) is 10.0 Å². The molecule has 4 heteroatoms. The van der Waals surface area contributed by atoms with Gasteiger partial charge in [0, 0.05) is 23.0 Å². The Labute approximate surface area is 97.4 Å². The van der Waals surface area contributed by atoms with Gasteiger partial charge in [-0.3, -0.25) is 0 Å². The Kier molecular flexibility index (Phi) is 4.25. The van der Waals surface area contributed by atoms with Crippen LogP contribution in [-0.4, -0.2) is 18.3 Å². The molecule has 84 valence electrons. The molecule has 0 heterocycles. The lowest BCUT2D eigenvalue weighted by molar-refractivity contribution is 0.149. The minimum atomic E-state index is -0.347. The molecule has 0 radical (unpaired) electrons. The van der Waals surface area contributed by atoms with Gasteiger partial charge in [0.25, 0.3) is 0 Å². The van der Waals surface area contributed by atoms with Crippen LogP contribution in [0.15, 0.2) is 22.7 Å². The van der Waals surface area contributed by atoms with E-state index in [0.29, 0.717) is 13.0 Å². The largest absolute Gasteiger partial charge is 0.396 e. The van der Waals surface area contributed by atoms with Gasteiger partial charge in [0.15, 0.2) is 0 Å². The maximum Gasteiger partial charge on any atom is 0.124 e. The molecule has 1 unspecified atom stereocenters. The van der Waals surface area contributed by atoms with Gasteiger partial charge in [0.05, 0.1) is 0 Å². The number of benzene rings is 1. The second-order valence-electron chi connectivity index (χ2n) is 4.09. The maximum absolute atomic E-state index is 12.8. The van der Waals surface area contributed by atoms with Gasteiger partial charge in [-0.1, -0.05) is 28.9 Å². The first kappa shape index (κ1) is 12.6. The van der Waals surface area contributed by atoms with Gasteiger partial charge in [-0.2, -0.15) is 0 Å². The number of aliphatic hydroxyl groups excluding tert-OH is 1. The lowest BCUT2D eigenvalue weighted by Crippen LogP contribution is -2.33. The fourth-order valence-corrected chi connectivity index (χ4v) is 1.81. The monoisotopic (exact) mass is 275 g/mol. The van der Waals surface area contributed by atoms with Crippen molar-refractivity contribution < 1.29 is 9.50 Å². The topological polar surface area (TPSA) is 46.2 Å². The molecule has 1 aromatic rings.